The van der Waals surface area contributed by atoms with Crippen LogP contribution in [0.2, 0.25) is 0 Å². The Bertz CT molecular complexity index is 762. The summed E-state index contributed by atoms with van der Waals surface area (Å²) < 4.78 is 5.70. The van der Waals surface area contributed by atoms with Crippen LogP contribution in [0.25, 0.3) is 0 Å². The highest BCUT2D eigenvalue weighted by atomic mass is 16.5. The third-order valence-electron chi connectivity index (χ3n) is 7.07. The summed E-state index contributed by atoms with van der Waals surface area (Å²) in [6.45, 7) is 0.968. The van der Waals surface area contributed by atoms with Crippen LogP contribution < -0.4 is 11.1 Å². The van der Waals surface area contributed by atoms with Gasteiger partial charge in [-0.05, 0) is 50.5 Å². The van der Waals surface area contributed by atoms with Gasteiger partial charge in [-0.2, -0.15) is 4.98 Å². The van der Waals surface area contributed by atoms with Crippen molar-refractivity contribution >= 4 is 0 Å². The molecular formula is C22H30N4O. The summed E-state index contributed by atoms with van der Waals surface area (Å²) in [5.74, 6) is 2.84. The van der Waals surface area contributed by atoms with E-state index in [1.807, 2.05) is 0 Å². The molecule has 0 saturated heterocycles. The average molecular weight is 367 g/mol. The molecule has 3 N–H and O–H groups in total. The topological polar surface area (TPSA) is 77.0 Å². The Morgan fingerprint density at radius 1 is 1.11 bits per heavy atom. The van der Waals surface area contributed by atoms with Gasteiger partial charge in [0.05, 0.1) is 0 Å². The zero-order valence-electron chi connectivity index (χ0n) is 15.9. The molecular weight excluding hydrogens is 336 g/mol. The normalized spacial score (nSPS) is 32.0. The molecule has 2 atom stereocenters. The minimum atomic E-state index is 0.0800. The lowest BCUT2D eigenvalue weighted by Crippen LogP contribution is -2.45. The molecule has 144 valence electrons. The summed E-state index contributed by atoms with van der Waals surface area (Å²) in [5.41, 5.74) is 7.57. The maximum Gasteiger partial charge on any atom is 0.229 e. The lowest BCUT2D eigenvalue weighted by atomic mass is 9.68. The van der Waals surface area contributed by atoms with Crippen molar-refractivity contribution in [1.82, 2.24) is 15.5 Å². The quantitative estimate of drug-likeness (QED) is 0.816. The van der Waals surface area contributed by atoms with Crippen molar-refractivity contribution in [3.63, 3.8) is 0 Å². The zero-order chi connectivity index (χ0) is 18.3. The maximum atomic E-state index is 6.03. The van der Waals surface area contributed by atoms with Crippen molar-refractivity contribution in [3.05, 3.63) is 47.6 Å². The van der Waals surface area contributed by atoms with Crippen LogP contribution in [0.1, 0.15) is 80.5 Å². The first-order chi connectivity index (χ1) is 13.2. The second-order valence-corrected chi connectivity index (χ2v) is 8.94. The average Bonchev–Trinajstić information content (AvgIpc) is 3.28. The van der Waals surface area contributed by atoms with Gasteiger partial charge >= 0.3 is 0 Å². The van der Waals surface area contributed by atoms with Crippen LogP contribution in [0.3, 0.4) is 0 Å². The lowest BCUT2D eigenvalue weighted by molar-refractivity contribution is 0.210. The Balaban J connectivity index is 1.21. The first-order valence-corrected chi connectivity index (χ1v) is 10.6. The van der Waals surface area contributed by atoms with Crippen molar-refractivity contribution in [2.75, 3.05) is 6.54 Å². The standard InChI is InChI=1S/C22H30N4O/c23-17-9-7-16(8-10-17)20-25-21(26-27-20)22(11-4-12-22)14-24-19-13-18(19)15-5-2-1-3-6-15/h1-3,5-6,16-19,24H,4,7-14,23H2/t16-,17-,18-,19+/m0/s1. The molecule has 0 spiro atoms. The number of nitrogens with one attached hydrogen (secondary N) is 1. The molecule has 1 aromatic heterocycles. The SMILES string of the molecule is N[C@H]1CC[C@H](c2nc(C3(CN[C@@H]4C[C@H]4c4ccccc4)CCC3)no2)CC1. The largest absolute Gasteiger partial charge is 0.339 e. The number of hydrogen-bond acceptors (Lipinski definition) is 5. The molecule has 3 aliphatic carbocycles. The minimum Gasteiger partial charge on any atom is -0.339 e. The van der Waals surface area contributed by atoms with Gasteiger partial charge in [0, 0.05) is 35.9 Å². The van der Waals surface area contributed by atoms with Gasteiger partial charge in [-0.25, -0.2) is 0 Å². The van der Waals surface area contributed by atoms with Gasteiger partial charge in [-0.1, -0.05) is 41.9 Å². The molecule has 5 heteroatoms. The van der Waals surface area contributed by atoms with Crippen LogP contribution in [-0.2, 0) is 5.41 Å². The third-order valence-corrected chi connectivity index (χ3v) is 7.07. The van der Waals surface area contributed by atoms with Crippen molar-refractivity contribution in [3.8, 4) is 0 Å². The Labute approximate surface area is 161 Å². The van der Waals surface area contributed by atoms with Gasteiger partial charge in [-0.15, -0.1) is 0 Å². The number of hydrogen-bond donors (Lipinski definition) is 2. The molecule has 5 rings (SSSR count). The van der Waals surface area contributed by atoms with Crippen LogP contribution in [-0.4, -0.2) is 28.8 Å². The molecule has 1 heterocycles. The van der Waals surface area contributed by atoms with Gasteiger partial charge in [0.2, 0.25) is 5.89 Å². The predicted octanol–water partition coefficient (Wildman–Crippen LogP) is 3.62. The van der Waals surface area contributed by atoms with Crippen molar-refractivity contribution in [2.24, 2.45) is 5.73 Å². The van der Waals surface area contributed by atoms with Crippen LogP contribution in [0.5, 0.6) is 0 Å². The van der Waals surface area contributed by atoms with Crippen LogP contribution in [0, 0.1) is 0 Å². The Kier molecular flexibility index (Phi) is 4.52. The van der Waals surface area contributed by atoms with Crippen molar-refractivity contribution < 1.29 is 4.52 Å². The third kappa shape index (κ3) is 3.43. The van der Waals surface area contributed by atoms with Gasteiger partial charge in [-0.3, -0.25) is 0 Å². The van der Waals surface area contributed by atoms with Crippen LogP contribution >= 0.6 is 0 Å². The molecule has 3 fully saturated rings. The molecule has 0 unspecified atom stereocenters. The predicted molar refractivity (Wildman–Crippen MR) is 105 cm³/mol. The first kappa shape index (κ1) is 17.4. The van der Waals surface area contributed by atoms with Crippen molar-refractivity contribution in [1.29, 1.82) is 0 Å². The molecule has 3 aliphatic rings. The fourth-order valence-electron chi connectivity index (χ4n) is 4.88. The van der Waals surface area contributed by atoms with E-state index in [4.69, 9.17) is 15.2 Å². The summed E-state index contributed by atoms with van der Waals surface area (Å²) in [6, 6.07) is 11.8. The fourth-order valence-corrected chi connectivity index (χ4v) is 4.88. The number of aromatic nitrogens is 2. The smallest absolute Gasteiger partial charge is 0.229 e. The number of benzene rings is 1. The van der Waals surface area contributed by atoms with E-state index in [1.165, 1.54) is 18.4 Å². The van der Waals surface area contributed by atoms with Crippen molar-refractivity contribution in [2.45, 2.75) is 80.7 Å². The number of rotatable bonds is 6. The summed E-state index contributed by atoms with van der Waals surface area (Å²) in [5, 5.41) is 8.23. The Hall–Kier alpha value is -1.72. The highest BCUT2D eigenvalue weighted by molar-refractivity contribution is 5.28. The molecule has 1 aromatic carbocycles. The Morgan fingerprint density at radius 3 is 2.59 bits per heavy atom. The first-order valence-electron chi connectivity index (χ1n) is 10.6. The number of nitrogens with two attached hydrogens (primary N) is 1. The van der Waals surface area contributed by atoms with Crippen LogP contribution in [0.4, 0.5) is 0 Å². The van der Waals surface area contributed by atoms with E-state index < -0.39 is 0 Å². The van der Waals surface area contributed by atoms with Gasteiger partial charge in [0.15, 0.2) is 5.82 Å². The molecule has 0 radical (unpaired) electrons. The van der Waals surface area contributed by atoms with E-state index in [0.717, 1.165) is 56.8 Å². The molecule has 3 saturated carbocycles. The van der Waals surface area contributed by atoms with Gasteiger partial charge in [0.25, 0.3) is 0 Å². The van der Waals surface area contributed by atoms with E-state index >= 15 is 0 Å². The second-order valence-electron chi connectivity index (χ2n) is 8.94. The van der Waals surface area contributed by atoms with E-state index in [-0.39, 0.29) is 5.41 Å². The number of nitrogens with zero attached hydrogens (tertiary/aromatic N) is 2. The maximum absolute atomic E-state index is 6.03. The fraction of sp³-hybridized carbons (Fsp3) is 0.636. The molecule has 0 bridgehead atoms. The second kappa shape index (κ2) is 7.02. The lowest BCUT2D eigenvalue weighted by Gasteiger charge is -2.39. The van der Waals surface area contributed by atoms with E-state index in [0.29, 0.717) is 23.9 Å². The van der Waals surface area contributed by atoms with E-state index in [1.54, 1.807) is 0 Å². The van der Waals surface area contributed by atoms with Crippen LogP contribution in [0.15, 0.2) is 34.9 Å². The summed E-state index contributed by atoms with van der Waals surface area (Å²) in [6.07, 6.45) is 9.12. The highest BCUT2D eigenvalue weighted by Crippen LogP contribution is 2.45. The zero-order valence-corrected chi connectivity index (χ0v) is 15.9. The van der Waals surface area contributed by atoms with Gasteiger partial charge in [0.1, 0.15) is 0 Å². The summed E-state index contributed by atoms with van der Waals surface area (Å²) in [7, 11) is 0. The highest BCUT2D eigenvalue weighted by Gasteiger charge is 2.46. The monoisotopic (exact) mass is 366 g/mol. The van der Waals surface area contributed by atoms with E-state index in [9.17, 15) is 0 Å². The minimum absolute atomic E-state index is 0.0800. The summed E-state index contributed by atoms with van der Waals surface area (Å²) in [4.78, 5) is 4.87. The molecule has 27 heavy (non-hydrogen) atoms. The van der Waals surface area contributed by atoms with Gasteiger partial charge < -0.3 is 15.6 Å². The molecule has 2 aromatic rings. The Morgan fingerprint density at radius 2 is 1.89 bits per heavy atom. The van der Waals surface area contributed by atoms with E-state index in [2.05, 4.69) is 40.8 Å². The molecule has 0 amide bonds. The molecule has 0 aliphatic heterocycles. The molecule has 5 nitrogen and oxygen atoms in total. The summed E-state index contributed by atoms with van der Waals surface area (Å²) >= 11 is 0.